The average Bonchev–Trinajstić information content (AvgIpc) is 3.28. The van der Waals surface area contributed by atoms with E-state index in [1.54, 1.807) is 12.1 Å². The monoisotopic (exact) mass is 358 g/mol. The number of carbonyl (C=O) groups is 1. The molecule has 0 radical (unpaired) electrons. The van der Waals surface area contributed by atoms with Gasteiger partial charge in [0.15, 0.2) is 5.76 Å². The van der Waals surface area contributed by atoms with Crippen LogP contribution in [0.25, 0.3) is 0 Å². The number of aryl methyl sites for hydroxylation is 2. The number of carbonyl (C=O) groups excluding carboxylic acids is 1. The summed E-state index contributed by atoms with van der Waals surface area (Å²) in [7, 11) is 1.99. The number of likely N-dealkylation sites (tertiary alicyclic amines) is 1. The lowest BCUT2D eigenvalue weighted by Gasteiger charge is -2.50. The first-order valence-corrected chi connectivity index (χ1v) is 9.23. The first kappa shape index (κ1) is 17.3. The lowest BCUT2D eigenvalue weighted by molar-refractivity contribution is -0.137. The third-order valence-electron chi connectivity index (χ3n) is 5.59. The van der Waals surface area contributed by atoms with Crippen LogP contribution in [-0.4, -0.2) is 52.4 Å². The number of furan rings is 1. The van der Waals surface area contributed by atoms with Crippen LogP contribution in [0.1, 0.15) is 34.8 Å². The highest BCUT2D eigenvalue weighted by Crippen LogP contribution is 2.42. The van der Waals surface area contributed by atoms with Gasteiger partial charge < -0.3 is 14.5 Å². The lowest BCUT2D eigenvalue weighted by atomic mass is 9.79. The van der Waals surface area contributed by atoms with Crippen LogP contribution in [0.15, 0.2) is 28.9 Å². The van der Waals surface area contributed by atoms with Crippen LogP contribution >= 0.6 is 0 Å². The number of hydrogen-bond acceptors (Lipinski definition) is 5. The van der Waals surface area contributed by atoms with Crippen LogP contribution in [0.3, 0.4) is 0 Å². The SMILES string of the molecule is Cc1cc(CN2CC3(C2)OCCC3CCNC(=O)c2ccco2)n(C)n1. The van der Waals surface area contributed by atoms with Crippen molar-refractivity contribution in [2.75, 3.05) is 26.2 Å². The van der Waals surface area contributed by atoms with E-state index in [0.717, 1.165) is 44.8 Å². The standard InChI is InChI=1S/C19H26N4O3/c1-14-10-16(22(2)21-14)11-23-12-19(13-23)15(6-9-26-19)5-7-20-18(24)17-4-3-8-25-17/h3-4,8,10,15H,5-7,9,11-13H2,1-2H3,(H,20,24). The summed E-state index contributed by atoms with van der Waals surface area (Å²) in [5.74, 6) is 0.706. The van der Waals surface area contributed by atoms with Crippen LogP contribution < -0.4 is 5.32 Å². The van der Waals surface area contributed by atoms with Crippen LogP contribution in [0.4, 0.5) is 0 Å². The van der Waals surface area contributed by atoms with Crippen LogP contribution in [0.2, 0.25) is 0 Å². The fourth-order valence-electron chi connectivity index (χ4n) is 4.26. The van der Waals surface area contributed by atoms with Gasteiger partial charge in [-0.3, -0.25) is 14.4 Å². The second-order valence-electron chi connectivity index (χ2n) is 7.47. The Morgan fingerprint density at radius 1 is 1.46 bits per heavy atom. The van der Waals surface area contributed by atoms with Crippen LogP contribution in [0.5, 0.6) is 0 Å². The average molecular weight is 358 g/mol. The highest BCUT2D eigenvalue weighted by molar-refractivity contribution is 5.91. The Kier molecular flexibility index (Phi) is 4.58. The van der Waals surface area contributed by atoms with E-state index in [1.165, 1.54) is 12.0 Å². The molecule has 0 aliphatic carbocycles. The van der Waals surface area contributed by atoms with Crippen molar-refractivity contribution in [1.29, 1.82) is 0 Å². The smallest absolute Gasteiger partial charge is 0.286 e. The number of rotatable bonds is 6. The van der Waals surface area contributed by atoms with Gasteiger partial charge in [0, 0.05) is 39.8 Å². The molecule has 1 atom stereocenters. The summed E-state index contributed by atoms with van der Waals surface area (Å²) < 4.78 is 13.2. The predicted molar refractivity (Wildman–Crippen MR) is 95.7 cm³/mol. The van der Waals surface area contributed by atoms with E-state index < -0.39 is 0 Å². The molecule has 2 aromatic heterocycles. The third kappa shape index (κ3) is 3.29. The van der Waals surface area contributed by atoms with Crippen LogP contribution in [0, 0.1) is 12.8 Å². The Morgan fingerprint density at radius 2 is 2.31 bits per heavy atom. The zero-order chi connectivity index (χ0) is 18.1. The summed E-state index contributed by atoms with van der Waals surface area (Å²) in [6.07, 6.45) is 3.52. The van der Waals surface area contributed by atoms with Gasteiger partial charge in [-0.05, 0) is 43.9 Å². The number of aromatic nitrogens is 2. The van der Waals surface area contributed by atoms with Crippen LogP contribution in [-0.2, 0) is 18.3 Å². The van der Waals surface area contributed by atoms with Gasteiger partial charge in [-0.15, -0.1) is 0 Å². The molecule has 2 aromatic rings. The molecule has 2 aliphatic heterocycles. The van der Waals surface area contributed by atoms with Crippen molar-refractivity contribution in [2.24, 2.45) is 13.0 Å². The Morgan fingerprint density at radius 3 is 3.00 bits per heavy atom. The summed E-state index contributed by atoms with van der Waals surface area (Å²) in [6, 6.07) is 5.54. The van der Waals surface area contributed by atoms with Crippen molar-refractivity contribution in [3.8, 4) is 0 Å². The molecule has 1 spiro atoms. The van der Waals surface area contributed by atoms with E-state index in [2.05, 4.69) is 21.4 Å². The van der Waals surface area contributed by atoms with Gasteiger partial charge in [0.25, 0.3) is 5.91 Å². The first-order chi connectivity index (χ1) is 12.6. The molecule has 7 heteroatoms. The van der Waals surface area contributed by atoms with Gasteiger partial charge in [-0.1, -0.05) is 0 Å². The normalized spacial score (nSPS) is 21.8. The van der Waals surface area contributed by atoms with Crippen molar-refractivity contribution in [1.82, 2.24) is 20.0 Å². The number of amides is 1. The number of hydrogen-bond donors (Lipinski definition) is 1. The maximum Gasteiger partial charge on any atom is 0.286 e. The minimum absolute atomic E-state index is 0.0386. The van der Waals surface area contributed by atoms with E-state index in [0.29, 0.717) is 18.2 Å². The van der Waals surface area contributed by atoms with Gasteiger partial charge in [-0.2, -0.15) is 5.10 Å². The number of nitrogens with one attached hydrogen (secondary N) is 1. The Balaban J connectivity index is 1.26. The van der Waals surface area contributed by atoms with Gasteiger partial charge in [-0.25, -0.2) is 0 Å². The molecule has 2 aliphatic rings. The molecule has 0 aromatic carbocycles. The lowest BCUT2D eigenvalue weighted by Crippen LogP contribution is -2.64. The number of ether oxygens (including phenoxy) is 1. The molecule has 1 unspecified atom stereocenters. The maximum atomic E-state index is 12.0. The zero-order valence-electron chi connectivity index (χ0n) is 15.4. The zero-order valence-corrected chi connectivity index (χ0v) is 15.4. The third-order valence-corrected chi connectivity index (χ3v) is 5.59. The molecule has 2 saturated heterocycles. The maximum absolute atomic E-state index is 12.0. The molecule has 2 fully saturated rings. The summed E-state index contributed by atoms with van der Waals surface area (Å²) in [4.78, 5) is 14.4. The van der Waals surface area contributed by atoms with E-state index in [-0.39, 0.29) is 11.5 Å². The molecule has 26 heavy (non-hydrogen) atoms. The summed E-state index contributed by atoms with van der Waals surface area (Å²) >= 11 is 0. The summed E-state index contributed by atoms with van der Waals surface area (Å²) in [6.45, 7) is 6.30. The highest BCUT2D eigenvalue weighted by atomic mass is 16.5. The van der Waals surface area contributed by atoms with Crippen molar-refractivity contribution >= 4 is 5.91 Å². The molecule has 140 valence electrons. The predicted octanol–water partition coefficient (Wildman–Crippen LogP) is 1.73. The summed E-state index contributed by atoms with van der Waals surface area (Å²) in [5.41, 5.74) is 2.25. The van der Waals surface area contributed by atoms with Crippen molar-refractivity contribution in [3.05, 3.63) is 41.6 Å². The number of nitrogens with zero attached hydrogens (tertiary/aromatic N) is 3. The minimum Gasteiger partial charge on any atom is -0.459 e. The summed E-state index contributed by atoms with van der Waals surface area (Å²) in [5, 5.41) is 7.36. The first-order valence-electron chi connectivity index (χ1n) is 9.23. The second-order valence-corrected chi connectivity index (χ2v) is 7.47. The largest absolute Gasteiger partial charge is 0.459 e. The molecule has 1 N–H and O–H groups in total. The molecule has 0 bridgehead atoms. The molecule has 4 rings (SSSR count). The van der Waals surface area contributed by atoms with E-state index in [4.69, 9.17) is 9.15 Å². The van der Waals surface area contributed by atoms with Gasteiger partial charge in [0.2, 0.25) is 0 Å². The molecule has 4 heterocycles. The molecular formula is C19H26N4O3. The Bertz CT molecular complexity index is 762. The van der Waals surface area contributed by atoms with Crippen molar-refractivity contribution in [2.45, 2.75) is 31.9 Å². The Labute approximate surface area is 153 Å². The fourth-order valence-corrected chi connectivity index (χ4v) is 4.26. The molecule has 0 saturated carbocycles. The van der Waals surface area contributed by atoms with E-state index in [9.17, 15) is 4.79 Å². The van der Waals surface area contributed by atoms with Crippen molar-refractivity contribution in [3.63, 3.8) is 0 Å². The molecule has 1 amide bonds. The molecular weight excluding hydrogens is 332 g/mol. The van der Waals surface area contributed by atoms with E-state index >= 15 is 0 Å². The van der Waals surface area contributed by atoms with Gasteiger partial charge in [0.05, 0.1) is 23.3 Å². The minimum atomic E-state index is -0.148. The van der Waals surface area contributed by atoms with Crippen molar-refractivity contribution < 1.29 is 13.9 Å². The van der Waals surface area contributed by atoms with Gasteiger partial charge >= 0.3 is 0 Å². The topological polar surface area (TPSA) is 72.5 Å². The highest BCUT2D eigenvalue weighted by Gasteiger charge is 2.52. The molecule has 7 nitrogen and oxygen atoms in total. The van der Waals surface area contributed by atoms with E-state index in [1.807, 2.05) is 18.7 Å². The fraction of sp³-hybridized carbons (Fsp3) is 0.579. The second kappa shape index (κ2) is 6.89. The Hall–Kier alpha value is -2.12. The quantitative estimate of drug-likeness (QED) is 0.851. The van der Waals surface area contributed by atoms with Gasteiger partial charge in [0.1, 0.15) is 0 Å².